The molecule has 4 aliphatic heterocycles. The van der Waals surface area contributed by atoms with Crippen molar-refractivity contribution in [3.05, 3.63) is 107 Å². The number of aryl methyl sites for hydroxylation is 1. The number of aromatic amines is 1. The maximum absolute atomic E-state index is 16.6. The van der Waals surface area contributed by atoms with Gasteiger partial charge in [-0.3, -0.25) is 29.2 Å². The number of hydrogen-bond acceptors (Lipinski definition) is 8. The molecule has 17 heteroatoms. The van der Waals surface area contributed by atoms with Gasteiger partial charge in [0, 0.05) is 101 Å². The van der Waals surface area contributed by atoms with E-state index in [1.54, 1.807) is 48.2 Å². The summed E-state index contributed by atoms with van der Waals surface area (Å²) in [7, 11) is 3.13. The fourth-order valence-corrected chi connectivity index (χ4v) is 10.0. The minimum atomic E-state index is -1.06. The molecule has 340 valence electrons. The average Bonchev–Trinajstić information content (AvgIpc) is 4.01. The number of halogens is 4. The number of amides is 4. The molecule has 65 heavy (non-hydrogen) atoms. The molecule has 7 heterocycles. The van der Waals surface area contributed by atoms with E-state index in [2.05, 4.69) is 25.3 Å². The second-order valence-electron chi connectivity index (χ2n) is 17.7. The molecule has 0 bridgehead atoms. The van der Waals surface area contributed by atoms with Gasteiger partial charge in [0.05, 0.1) is 11.4 Å². The Morgan fingerprint density at radius 3 is 2.37 bits per heavy atom. The third kappa shape index (κ3) is 8.77. The molecule has 0 radical (unpaired) electrons. The molecule has 5 aromatic rings. The van der Waals surface area contributed by atoms with Gasteiger partial charge >= 0.3 is 0 Å². The first-order valence-electron chi connectivity index (χ1n) is 22.3. The highest BCUT2D eigenvalue weighted by Gasteiger charge is 2.34. The van der Waals surface area contributed by atoms with Crippen molar-refractivity contribution >= 4 is 45.9 Å². The van der Waals surface area contributed by atoms with Crippen LogP contribution < -0.4 is 10.2 Å². The van der Waals surface area contributed by atoms with Crippen molar-refractivity contribution in [3.63, 3.8) is 0 Å². The Balaban J connectivity index is 0.892. The summed E-state index contributed by atoms with van der Waals surface area (Å²) in [5, 5.41) is 6.70. The molecule has 0 spiro atoms. The van der Waals surface area contributed by atoms with E-state index in [9.17, 15) is 19.2 Å². The standard InChI is InChI=1S/C48H51F4N9O4/c1-57(2)48(65)39-25-37-36(24-35(44(52)45(37)55-39)29-5-3-16-60(27-29)41(63)14-22-61-17-4-15-54-61)34-7-6-32(42(50)43(34)51)28-10-18-58(19-11-28)31-12-20-59(21-13-31)46-38(49)23-30(26-53-46)33-8-9-40(62)56-47(33)64/h4-7,15,17,23-26,28,31,33,55H,3,8-14,16,18-22,27H2,1-2H3,(H,56,62,64). The molecule has 2 N–H and O–H groups in total. The predicted octanol–water partition coefficient (Wildman–Crippen LogP) is 6.76. The zero-order valence-electron chi connectivity index (χ0n) is 36.4. The second kappa shape index (κ2) is 18.3. The van der Waals surface area contributed by atoms with Crippen LogP contribution in [0.5, 0.6) is 0 Å². The molecule has 2 aromatic carbocycles. The van der Waals surface area contributed by atoms with Crippen LogP contribution in [-0.2, 0) is 20.9 Å². The highest BCUT2D eigenvalue weighted by molar-refractivity contribution is 6.05. The highest BCUT2D eigenvalue weighted by Crippen LogP contribution is 2.41. The number of pyridine rings is 1. The summed E-state index contributed by atoms with van der Waals surface area (Å²) in [4.78, 5) is 64.8. The van der Waals surface area contributed by atoms with Gasteiger partial charge in [-0.25, -0.2) is 22.5 Å². The van der Waals surface area contributed by atoms with Crippen molar-refractivity contribution in [2.24, 2.45) is 0 Å². The summed E-state index contributed by atoms with van der Waals surface area (Å²) in [5.74, 6) is -5.10. The molecule has 4 aliphatic rings. The number of anilines is 1. The molecule has 3 aromatic heterocycles. The number of imide groups is 1. The summed E-state index contributed by atoms with van der Waals surface area (Å²) < 4.78 is 66.6. The maximum Gasteiger partial charge on any atom is 0.269 e. The minimum absolute atomic E-state index is 0.0168. The molecule has 4 amide bonds. The lowest BCUT2D eigenvalue weighted by Crippen LogP contribution is -2.48. The molecule has 3 saturated heterocycles. The molecular formula is C48H51F4N9O4. The lowest BCUT2D eigenvalue weighted by atomic mass is 9.86. The Hall–Kier alpha value is -6.36. The van der Waals surface area contributed by atoms with Gasteiger partial charge in [-0.15, -0.1) is 0 Å². The molecule has 3 fully saturated rings. The normalized spacial score (nSPS) is 19.2. The van der Waals surface area contributed by atoms with Crippen LogP contribution in [0.15, 0.2) is 61.1 Å². The summed E-state index contributed by atoms with van der Waals surface area (Å²) in [6.07, 6.45) is 10.7. The zero-order valence-corrected chi connectivity index (χ0v) is 36.4. The van der Waals surface area contributed by atoms with E-state index in [1.165, 1.54) is 35.4 Å². The lowest BCUT2D eigenvalue weighted by molar-refractivity contribution is -0.134. The molecule has 1 atom stereocenters. The monoisotopic (exact) mass is 893 g/mol. The smallest absolute Gasteiger partial charge is 0.269 e. The Morgan fingerprint density at radius 1 is 0.877 bits per heavy atom. The van der Waals surface area contributed by atoms with E-state index in [0.717, 1.165) is 12.8 Å². The molecule has 1 unspecified atom stereocenters. The SMILES string of the molecule is CN(C)C(=O)c1cc2c(-c3ccc(C4CCN(C5CCN(c6ncc(C7CCC(=O)NC7=O)cc6F)CC5)CC4)c(F)c3F)cc(C3=CCCN(C(=O)CCn4cccn4)C3)c(F)c2[nH]1. The number of piperidine rings is 3. The van der Waals surface area contributed by atoms with Crippen molar-refractivity contribution in [2.45, 2.75) is 75.8 Å². The van der Waals surface area contributed by atoms with Gasteiger partial charge in [-0.2, -0.15) is 5.10 Å². The average molecular weight is 894 g/mol. The Labute approximate surface area is 373 Å². The zero-order chi connectivity index (χ0) is 45.5. The third-order valence-corrected chi connectivity index (χ3v) is 13.6. The first-order valence-corrected chi connectivity index (χ1v) is 22.3. The second-order valence-corrected chi connectivity index (χ2v) is 17.7. The van der Waals surface area contributed by atoms with Crippen molar-refractivity contribution < 1.29 is 36.7 Å². The van der Waals surface area contributed by atoms with Crippen LogP contribution in [-0.4, -0.2) is 117 Å². The van der Waals surface area contributed by atoms with Gasteiger partial charge < -0.3 is 24.6 Å². The number of H-pyrrole nitrogens is 1. The van der Waals surface area contributed by atoms with Crippen LogP contribution in [0.1, 0.15) is 90.4 Å². The Kier molecular flexibility index (Phi) is 12.3. The molecule has 13 nitrogen and oxygen atoms in total. The van der Waals surface area contributed by atoms with Gasteiger partial charge in [-0.1, -0.05) is 18.2 Å². The van der Waals surface area contributed by atoms with Crippen molar-refractivity contribution in [3.8, 4) is 11.1 Å². The summed E-state index contributed by atoms with van der Waals surface area (Å²) >= 11 is 0. The van der Waals surface area contributed by atoms with Gasteiger partial charge in [0.25, 0.3) is 5.91 Å². The van der Waals surface area contributed by atoms with Gasteiger partial charge in [0.2, 0.25) is 17.7 Å². The van der Waals surface area contributed by atoms with Crippen LogP contribution in [0.2, 0.25) is 0 Å². The van der Waals surface area contributed by atoms with E-state index in [1.807, 2.05) is 11.0 Å². The number of nitrogens with one attached hydrogen (secondary N) is 2. The largest absolute Gasteiger partial charge is 0.354 e. The molecule has 0 saturated carbocycles. The van der Waals surface area contributed by atoms with E-state index in [0.29, 0.717) is 76.1 Å². The number of nitrogens with zero attached hydrogens (tertiary/aromatic N) is 7. The number of aromatic nitrogens is 4. The summed E-state index contributed by atoms with van der Waals surface area (Å²) in [6, 6.07) is 9.48. The fourth-order valence-electron chi connectivity index (χ4n) is 10.0. The van der Waals surface area contributed by atoms with Crippen LogP contribution in [0.4, 0.5) is 23.4 Å². The van der Waals surface area contributed by atoms with Crippen molar-refractivity contribution in [1.29, 1.82) is 0 Å². The lowest BCUT2D eigenvalue weighted by Gasteiger charge is -2.42. The quantitative estimate of drug-likeness (QED) is 0.116. The number of benzene rings is 2. The summed E-state index contributed by atoms with van der Waals surface area (Å²) in [6.45, 7) is 3.49. The number of fused-ring (bicyclic) bond motifs is 1. The van der Waals surface area contributed by atoms with Gasteiger partial charge in [0.15, 0.2) is 29.1 Å². The fraction of sp³-hybridized carbons (Fsp3) is 0.417. The molecule has 0 aliphatic carbocycles. The van der Waals surface area contributed by atoms with Gasteiger partial charge in [-0.05, 0) is 104 Å². The minimum Gasteiger partial charge on any atom is -0.354 e. The Morgan fingerprint density at radius 2 is 1.66 bits per heavy atom. The Bertz CT molecular complexity index is 2680. The van der Waals surface area contributed by atoms with Crippen LogP contribution >= 0.6 is 0 Å². The van der Waals surface area contributed by atoms with E-state index < -0.39 is 41.0 Å². The molecular weight excluding hydrogens is 843 g/mol. The van der Waals surface area contributed by atoms with Crippen LogP contribution in [0.25, 0.3) is 27.6 Å². The van der Waals surface area contributed by atoms with Gasteiger partial charge in [0.1, 0.15) is 5.69 Å². The van der Waals surface area contributed by atoms with E-state index in [-0.39, 0.29) is 87.8 Å². The number of hydrogen-bond donors (Lipinski definition) is 2. The van der Waals surface area contributed by atoms with Crippen LogP contribution in [0, 0.1) is 23.3 Å². The number of carbonyl (C=O) groups excluding carboxylic acids is 4. The first-order chi connectivity index (χ1) is 31.3. The topological polar surface area (TPSA) is 140 Å². The maximum atomic E-state index is 16.6. The van der Waals surface area contributed by atoms with Crippen molar-refractivity contribution in [2.75, 3.05) is 58.3 Å². The highest BCUT2D eigenvalue weighted by atomic mass is 19.2. The van der Waals surface area contributed by atoms with E-state index >= 15 is 17.6 Å². The van der Waals surface area contributed by atoms with Crippen molar-refractivity contribution in [1.82, 2.24) is 39.8 Å². The summed E-state index contributed by atoms with van der Waals surface area (Å²) in [5.41, 5.74) is 1.61. The number of carbonyl (C=O) groups is 4. The number of likely N-dealkylation sites (tertiary alicyclic amines) is 1. The first kappa shape index (κ1) is 43.9. The van der Waals surface area contributed by atoms with Crippen LogP contribution in [0.3, 0.4) is 0 Å². The molecule has 9 rings (SSSR count). The number of rotatable bonds is 10. The van der Waals surface area contributed by atoms with E-state index in [4.69, 9.17) is 0 Å². The third-order valence-electron chi connectivity index (χ3n) is 13.6. The predicted molar refractivity (Wildman–Crippen MR) is 236 cm³/mol.